The summed E-state index contributed by atoms with van der Waals surface area (Å²) in [6.45, 7) is 2.82. The van der Waals surface area contributed by atoms with E-state index in [1.807, 2.05) is 12.1 Å². The molecule has 1 aromatic rings. The van der Waals surface area contributed by atoms with Crippen LogP contribution < -0.4 is 4.74 Å². The zero-order valence-corrected chi connectivity index (χ0v) is 10.1. The first-order valence-electron chi connectivity index (χ1n) is 5.93. The van der Waals surface area contributed by atoms with Crippen LogP contribution in [0.15, 0.2) is 18.3 Å². The molecule has 0 radical (unpaired) electrons. The second kappa shape index (κ2) is 5.65. The van der Waals surface area contributed by atoms with Gasteiger partial charge in [0.05, 0.1) is 13.2 Å². The highest BCUT2D eigenvalue weighted by Gasteiger charge is 2.19. The van der Waals surface area contributed by atoms with E-state index in [2.05, 4.69) is 16.0 Å². The number of nitriles is 1. The van der Waals surface area contributed by atoms with Crippen LogP contribution in [-0.4, -0.2) is 30.1 Å². The molecule has 4 nitrogen and oxygen atoms in total. The summed E-state index contributed by atoms with van der Waals surface area (Å²) < 4.78 is 5.24. The Kier molecular flexibility index (Phi) is 3.94. The lowest BCUT2D eigenvalue weighted by atomic mass is 9.98. The van der Waals surface area contributed by atoms with E-state index < -0.39 is 0 Å². The van der Waals surface area contributed by atoms with E-state index in [1.165, 1.54) is 0 Å². The van der Waals surface area contributed by atoms with Crippen LogP contribution in [-0.2, 0) is 6.54 Å². The van der Waals surface area contributed by atoms with Crippen LogP contribution in [0.25, 0.3) is 0 Å². The lowest BCUT2D eigenvalue weighted by Crippen LogP contribution is -2.32. The third-order valence-corrected chi connectivity index (χ3v) is 3.21. The molecule has 1 aliphatic rings. The van der Waals surface area contributed by atoms with Crippen molar-refractivity contribution in [3.05, 3.63) is 23.9 Å². The van der Waals surface area contributed by atoms with Crippen molar-refractivity contribution >= 4 is 0 Å². The fourth-order valence-corrected chi connectivity index (χ4v) is 2.19. The summed E-state index contributed by atoms with van der Waals surface area (Å²) in [5, 5.41) is 8.85. The van der Waals surface area contributed by atoms with Gasteiger partial charge in [-0.1, -0.05) is 6.07 Å². The lowest BCUT2D eigenvalue weighted by molar-refractivity contribution is 0.195. The number of pyridine rings is 1. The number of hydrogen-bond acceptors (Lipinski definition) is 4. The second-order valence-corrected chi connectivity index (χ2v) is 4.35. The van der Waals surface area contributed by atoms with Gasteiger partial charge in [0, 0.05) is 24.2 Å². The molecular weight excluding hydrogens is 214 g/mol. The van der Waals surface area contributed by atoms with Crippen LogP contribution in [0.4, 0.5) is 0 Å². The molecule has 4 heteroatoms. The topological polar surface area (TPSA) is 49.1 Å². The Bertz CT molecular complexity index is 405. The molecule has 1 saturated heterocycles. The number of likely N-dealkylation sites (tertiary alicyclic amines) is 1. The van der Waals surface area contributed by atoms with Crippen molar-refractivity contribution in [2.45, 2.75) is 19.4 Å². The highest BCUT2D eigenvalue weighted by molar-refractivity contribution is 5.25. The van der Waals surface area contributed by atoms with Gasteiger partial charge < -0.3 is 4.74 Å². The fraction of sp³-hybridized carbons (Fsp3) is 0.538. The summed E-state index contributed by atoms with van der Waals surface area (Å²) in [4.78, 5) is 6.55. The maximum atomic E-state index is 8.85. The monoisotopic (exact) mass is 231 g/mol. The molecule has 0 saturated carbocycles. The molecule has 1 aliphatic heterocycles. The standard InChI is InChI=1S/C13H17N3O/c1-17-13-12(3-2-6-15-13)10-16-7-4-11(9-14)5-8-16/h2-3,6,11H,4-5,7-8,10H2,1H3. The van der Waals surface area contributed by atoms with Gasteiger partial charge in [-0.15, -0.1) is 0 Å². The SMILES string of the molecule is COc1ncccc1CN1CCC(C#N)CC1. The zero-order valence-electron chi connectivity index (χ0n) is 10.1. The molecule has 0 aliphatic carbocycles. The number of methoxy groups -OCH3 is 1. The van der Waals surface area contributed by atoms with Crippen LogP contribution in [0.5, 0.6) is 5.88 Å². The van der Waals surface area contributed by atoms with Crippen molar-refractivity contribution in [1.82, 2.24) is 9.88 Å². The quantitative estimate of drug-likeness (QED) is 0.796. The zero-order chi connectivity index (χ0) is 12.1. The van der Waals surface area contributed by atoms with Crippen LogP contribution in [0.2, 0.25) is 0 Å². The van der Waals surface area contributed by atoms with Crippen molar-refractivity contribution in [1.29, 1.82) is 5.26 Å². The summed E-state index contributed by atoms with van der Waals surface area (Å²) in [6, 6.07) is 6.32. The molecule has 0 bridgehead atoms. The average molecular weight is 231 g/mol. The smallest absolute Gasteiger partial charge is 0.217 e. The van der Waals surface area contributed by atoms with Gasteiger partial charge in [0.25, 0.3) is 0 Å². The molecule has 0 aromatic carbocycles. The first-order valence-corrected chi connectivity index (χ1v) is 5.93. The summed E-state index contributed by atoms with van der Waals surface area (Å²) in [5.74, 6) is 0.942. The van der Waals surface area contributed by atoms with Crippen LogP contribution in [0, 0.1) is 17.2 Å². The highest BCUT2D eigenvalue weighted by Crippen LogP contribution is 2.21. The molecule has 1 fully saturated rings. The minimum Gasteiger partial charge on any atom is -0.481 e. The van der Waals surface area contributed by atoms with Crippen molar-refractivity contribution in [3.63, 3.8) is 0 Å². The third-order valence-electron chi connectivity index (χ3n) is 3.21. The largest absolute Gasteiger partial charge is 0.481 e. The first kappa shape index (κ1) is 11.9. The van der Waals surface area contributed by atoms with Crippen molar-refractivity contribution < 1.29 is 4.74 Å². The van der Waals surface area contributed by atoms with Crippen LogP contribution in [0.3, 0.4) is 0 Å². The minimum absolute atomic E-state index is 0.238. The normalized spacial score (nSPS) is 17.6. The highest BCUT2D eigenvalue weighted by atomic mass is 16.5. The molecular formula is C13H17N3O. The Hall–Kier alpha value is -1.60. The summed E-state index contributed by atoms with van der Waals surface area (Å²) in [6.07, 6.45) is 3.68. The number of rotatable bonds is 3. The molecule has 17 heavy (non-hydrogen) atoms. The molecule has 0 unspecified atom stereocenters. The maximum absolute atomic E-state index is 8.85. The van der Waals surface area contributed by atoms with E-state index in [1.54, 1.807) is 13.3 Å². The first-order chi connectivity index (χ1) is 8.33. The van der Waals surface area contributed by atoms with Crippen molar-refractivity contribution in [2.24, 2.45) is 5.92 Å². The van der Waals surface area contributed by atoms with E-state index in [4.69, 9.17) is 10.00 Å². The number of hydrogen-bond donors (Lipinski definition) is 0. The lowest BCUT2D eigenvalue weighted by Gasteiger charge is -2.29. The van der Waals surface area contributed by atoms with Gasteiger partial charge in [-0.3, -0.25) is 4.90 Å². The Morgan fingerprint density at radius 3 is 2.94 bits per heavy atom. The molecule has 0 atom stereocenters. The Labute approximate surface area is 102 Å². The fourth-order valence-electron chi connectivity index (χ4n) is 2.19. The number of ether oxygens (including phenoxy) is 1. The summed E-state index contributed by atoms with van der Waals surface area (Å²) in [7, 11) is 1.65. The van der Waals surface area contributed by atoms with E-state index >= 15 is 0 Å². The van der Waals surface area contributed by atoms with Gasteiger partial charge in [0.2, 0.25) is 5.88 Å². The number of piperidine rings is 1. The van der Waals surface area contributed by atoms with E-state index in [-0.39, 0.29) is 5.92 Å². The minimum atomic E-state index is 0.238. The number of aromatic nitrogens is 1. The van der Waals surface area contributed by atoms with Crippen molar-refractivity contribution in [2.75, 3.05) is 20.2 Å². The number of nitrogens with zero attached hydrogens (tertiary/aromatic N) is 3. The summed E-state index contributed by atoms with van der Waals surface area (Å²) >= 11 is 0. The van der Waals surface area contributed by atoms with Crippen LogP contribution in [0.1, 0.15) is 18.4 Å². The predicted octanol–water partition coefficient (Wildman–Crippen LogP) is 1.83. The Morgan fingerprint density at radius 1 is 1.53 bits per heavy atom. The van der Waals surface area contributed by atoms with E-state index in [0.29, 0.717) is 5.88 Å². The van der Waals surface area contributed by atoms with Gasteiger partial charge in [-0.05, 0) is 32.0 Å². The van der Waals surface area contributed by atoms with E-state index in [9.17, 15) is 0 Å². The predicted molar refractivity (Wildman–Crippen MR) is 64.4 cm³/mol. The molecule has 90 valence electrons. The van der Waals surface area contributed by atoms with Gasteiger partial charge in [0.1, 0.15) is 0 Å². The Morgan fingerprint density at radius 2 is 2.29 bits per heavy atom. The van der Waals surface area contributed by atoms with Crippen molar-refractivity contribution in [3.8, 4) is 11.9 Å². The maximum Gasteiger partial charge on any atom is 0.217 e. The van der Waals surface area contributed by atoms with Gasteiger partial charge in [-0.2, -0.15) is 5.26 Å². The molecule has 0 spiro atoms. The Balaban J connectivity index is 1.96. The molecule has 0 N–H and O–H groups in total. The average Bonchev–Trinajstić information content (AvgIpc) is 2.40. The van der Waals surface area contributed by atoms with Gasteiger partial charge in [-0.25, -0.2) is 4.98 Å². The van der Waals surface area contributed by atoms with Gasteiger partial charge >= 0.3 is 0 Å². The summed E-state index contributed by atoms with van der Waals surface area (Å²) in [5.41, 5.74) is 1.12. The molecule has 2 rings (SSSR count). The third kappa shape index (κ3) is 2.95. The van der Waals surface area contributed by atoms with Gasteiger partial charge in [0.15, 0.2) is 0 Å². The molecule has 1 aromatic heterocycles. The molecule has 2 heterocycles. The second-order valence-electron chi connectivity index (χ2n) is 4.35. The molecule has 0 amide bonds. The van der Waals surface area contributed by atoms with E-state index in [0.717, 1.165) is 38.0 Å². The van der Waals surface area contributed by atoms with Crippen LogP contribution >= 0.6 is 0 Å².